The second-order valence-electron chi connectivity index (χ2n) is 2.77. The van der Waals surface area contributed by atoms with Gasteiger partial charge in [-0.15, -0.1) is 16.7 Å². The van der Waals surface area contributed by atoms with Crippen LogP contribution in [-0.2, 0) is 5.88 Å². The topological polar surface area (TPSA) is 35.0 Å². The van der Waals surface area contributed by atoms with E-state index in [0.717, 1.165) is 0 Å². The number of hydrogen-bond donors (Lipinski definition) is 0. The molecule has 0 N–H and O–H groups in total. The summed E-state index contributed by atoms with van der Waals surface area (Å²) in [6.07, 6.45) is 0. The highest BCUT2D eigenvalue weighted by atomic mass is 79.9. The zero-order valence-electron chi connectivity index (χ0n) is 7.78. The number of ether oxygens (including phenoxy) is 1. The zero-order valence-corrected chi connectivity index (χ0v) is 10.9. The Balaban J connectivity index is 2.20. The van der Waals surface area contributed by atoms with Crippen LogP contribution in [0.1, 0.15) is 5.01 Å². The highest BCUT2D eigenvalue weighted by molar-refractivity contribution is 9.10. The Morgan fingerprint density at radius 3 is 2.88 bits per heavy atom. The maximum absolute atomic E-state index is 12.8. The smallest absolute Gasteiger partial charge is 0.299 e. The van der Waals surface area contributed by atoms with E-state index in [1.54, 1.807) is 0 Å². The quantitative estimate of drug-likeness (QED) is 0.802. The first-order chi connectivity index (χ1) is 7.69. The van der Waals surface area contributed by atoms with Crippen molar-refractivity contribution < 1.29 is 9.13 Å². The van der Waals surface area contributed by atoms with Gasteiger partial charge in [-0.1, -0.05) is 16.4 Å². The van der Waals surface area contributed by atoms with Crippen LogP contribution >= 0.6 is 38.9 Å². The van der Waals surface area contributed by atoms with E-state index in [9.17, 15) is 4.39 Å². The molecule has 0 amide bonds. The summed E-state index contributed by atoms with van der Waals surface area (Å²) in [5.41, 5.74) is 0. The monoisotopic (exact) mass is 322 g/mol. The molecular weight excluding hydrogens is 319 g/mol. The molecule has 0 spiro atoms. The van der Waals surface area contributed by atoms with Crippen LogP contribution in [-0.4, -0.2) is 10.2 Å². The first-order valence-electron chi connectivity index (χ1n) is 4.20. The van der Waals surface area contributed by atoms with Crippen LogP contribution in [0.15, 0.2) is 22.7 Å². The van der Waals surface area contributed by atoms with Crippen molar-refractivity contribution >= 4 is 38.9 Å². The average Bonchev–Trinajstić information content (AvgIpc) is 2.70. The SMILES string of the molecule is Fc1ccc(Oc2nnc(CCl)s2)c(Br)c1. The molecule has 7 heteroatoms. The fourth-order valence-electron chi connectivity index (χ4n) is 0.985. The van der Waals surface area contributed by atoms with E-state index in [4.69, 9.17) is 16.3 Å². The number of aromatic nitrogens is 2. The molecule has 0 atom stereocenters. The lowest BCUT2D eigenvalue weighted by molar-refractivity contribution is 0.468. The van der Waals surface area contributed by atoms with Crippen LogP contribution < -0.4 is 4.74 Å². The number of rotatable bonds is 3. The fraction of sp³-hybridized carbons (Fsp3) is 0.111. The maximum atomic E-state index is 12.8. The Morgan fingerprint density at radius 1 is 1.44 bits per heavy atom. The number of benzene rings is 1. The highest BCUT2D eigenvalue weighted by Gasteiger charge is 2.08. The third-order valence-corrected chi connectivity index (χ3v) is 3.49. The van der Waals surface area contributed by atoms with Gasteiger partial charge in [-0.2, -0.15) is 0 Å². The molecule has 1 aromatic carbocycles. The van der Waals surface area contributed by atoms with Gasteiger partial charge in [0, 0.05) is 0 Å². The van der Waals surface area contributed by atoms with E-state index in [1.165, 1.54) is 29.5 Å². The lowest BCUT2D eigenvalue weighted by Gasteiger charge is -2.02. The molecule has 84 valence electrons. The van der Waals surface area contributed by atoms with Gasteiger partial charge in [0.2, 0.25) is 0 Å². The molecule has 2 rings (SSSR count). The molecule has 0 aliphatic rings. The summed E-state index contributed by atoms with van der Waals surface area (Å²) in [4.78, 5) is 0. The molecule has 0 radical (unpaired) electrons. The molecule has 0 aliphatic carbocycles. The fourth-order valence-corrected chi connectivity index (χ4v) is 2.19. The van der Waals surface area contributed by atoms with Crippen molar-refractivity contribution in [1.29, 1.82) is 0 Å². The molecule has 0 saturated heterocycles. The van der Waals surface area contributed by atoms with Gasteiger partial charge in [0.25, 0.3) is 5.19 Å². The predicted molar refractivity (Wildman–Crippen MR) is 63.6 cm³/mol. The second-order valence-corrected chi connectivity index (χ2v) is 4.92. The van der Waals surface area contributed by atoms with Crippen LogP contribution in [0.25, 0.3) is 0 Å². The molecule has 1 aromatic heterocycles. The lowest BCUT2D eigenvalue weighted by atomic mass is 10.3. The van der Waals surface area contributed by atoms with E-state index in [1.807, 2.05) is 0 Å². The van der Waals surface area contributed by atoms with Gasteiger partial charge in [0.05, 0.1) is 10.4 Å². The van der Waals surface area contributed by atoms with Crippen molar-refractivity contribution in [1.82, 2.24) is 10.2 Å². The molecule has 2 aromatic rings. The van der Waals surface area contributed by atoms with Crippen LogP contribution in [0.5, 0.6) is 10.9 Å². The van der Waals surface area contributed by atoms with Crippen molar-refractivity contribution in [3.63, 3.8) is 0 Å². The lowest BCUT2D eigenvalue weighted by Crippen LogP contribution is -1.85. The van der Waals surface area contributed by atoms with E-state index in [-0.39, 0.29) is 5.82 Å². The van der Waals surface area contributed by atoms with E-state index in [0.29, 0.717) is 26.3 Å². The molecular formula is C9H5BrClFN2OS. The first-order valence-corrected chi connectivity index (χ1v) is 6.34. The van der Waals surface area contributed by atoms with E-state index in [2.05, 4.69) is 26.1 Å². The predicted octanol–water partition coefficient (Wildman–Crippen LogP) is 3.97. The number of halogens is 3. The van der Waals surface area contributed by atoms with Crippen LogP contribution in [0, 0.1) is 5.82 Å². The molecule has 0 bridgehead atoms. The number of alkyl halides is 1. The molecule has 3 nitrogen and oxygen atoms in total. The number of nitrogens with zero attached hydrogens (tertiary/aromatic N) is 2. The van der Waals surface area contributed by atoms with Gasteiger partial charge in [0.1, 0.15) is 16.6 Å². The second kappa shape index (κ2) is 5.07. The minimum Gasteiger partial charge on any atom is -0.429 e. The van der Waals surface area contributed by atoms with Gasteiger partial charge in [0.15, 0.2) is 0 Å². The molecule has 0 saturated carbocycles. The van der Waals surface area contributed by atoms with Gasteiger partial charge >= 0.3 is 0 Å². The van der Waals surface area contributed by atoms with E-state index >= 15 is 0 Å². The Bertz CT molecular complexity index is 508. The van der Waals surface area contributed by atoms with Crippen LogP contribution in [0.3, 0.4) is 0 Å². The molecule has 0 aliphatic heterocycles. The molecule has 0 unspecified atom stereocenters. The summed E-state index contributed by atoms with van der Waals surface area (Å²) in [7, 11) is 0. The third-order valence-electron chi connectivity index (χ3n) is 1.65. The van der Waals surface area contributed by atoms with Gasteiger partial charge in [-0.3, -0.25) is 0 Å². The van der Waals surface area contributed by atoms with Gasteiger partial charge in [-0.05, 0) is 34.1 Å². The highest BCUT2D eigenvalue weighted by Crippen LogP contribution is 2.31. The van der Waals surface area contributed by atoms with Crippen LogP contribution in [0.4, 0.5) is 4.39 Å². The summed E-state index contributed by atoms with van der Waals surface area (Å²) in [5.74, 6) is 0.447. The normalized spacial score (nSPS) is 10.4. The van der Waals surface area contributed by atoms with E-state index < -0.39 is 0 Å². The Labute approximate surface area is 108 Å². The van der Waals surface area contributed by atoms with Crippen molar-refractivity contribution in [2.75, 3.05) is 0 Å². The van der Waals surface area contributed by atoms with Crippen molar-refractivity contribution in [3.05, 3.63) is 33.5 Å². The largest absolute Gasteiger partial charge is 0.429 e. The van der Waals surface area contributed by atoms with Crippen molar-refractivity contribution in [2.24, 2.45) is 0 Å². The summed E-state index contributed by atoms with van der Waals surface area (Å²) in [6.45, 7) is 0. The summed E-state index contributed by atoms with van der Waals surface area (Å²) < 4.78 is 18.8. The Hall–Kier alpha value is -0.720. The Morgan fingerprint density at radius 2 is 2.25 bits per heavy atom. The van der Waals surface area contributed by atoms with Crippen molar-refractivity contribution in [2.45, 2.75) is 5.88 Å². The molecule has 0 fully saturated rings. The minimum atomic E-state index is -0.335. The molecule has 1 heterocycles. The third kappa shape index (κ3) is 2.69. The minimum absolute atomic E-state index is 0.297. The van der Waals surface area contributed by atoms with Crippen LogP contribution in [0.2, 0.25) is 0 Å². The zero-order chi connectivity index (χ0) is 11.5. The Kier molecular flexibility index (Phi) is 3.73. The maximum Gasteiger partial charge on any atom is 0.299 e. The van der Waals surface area contributed by atoms with Crippen molar-refractivity contribution in [3.8, 4) is 10.9 Å². The van der Waals surface area contributed by atoms with Gasteiger partial charge < -0.3 is 4.74 Å². The summed E-state index contributed by atoms with van der Waals surface area (Å²) >= 11 is 10.0. The summed E-state index contributed by atoms with van der Waals surface area (Å²) in [5, 5.41) is 8.65. The summed E-state index contributed by atoms with van der Waals surface area (Å²) in [6, 6.07) is 4.14. The standard InChI is InChI=1S/C9H5BrClFN2OS/c10-6-3-5(12)1-2-7(6)15-9-14-13-8(4-11)16-9/h1-3H,4H2. The number of hydrogen-bond acceptors (Lipinski definition) is 4. The van der Waals surface area contributed by atoms with Gasteiger partial charge in [-0.25, -0.2) is 4.39 Å². The average molecular weight is 324 g/mol. The molecule has 16 heavy (non-hydrogen) atoms. The first kappa shape index (κ1) is 11.8.